The van der Waals surface area contributed by atoms with Crippen LogP contribution in [0.15, 0.2) is 11.8 Å². The fourth-order valence-electron chi connectivity index (χ4n) is 0.584. The second-order valence-electron chi connectivity index (χ2n) is 2.78. The van der Waals surface area contributed by atoms with Crippen molar-refractivity contribution in [3.8, 4) is 0 Å². The molecule has 0 radical (unpaired) electrons. The van der Waals surface area contributed by atoms with Gasteiger partial charge in [-0.2, -0.15) is 0 Å². The predicted octanol–water partition coefficient (Wildman–Crippen LogP) is 1.66. The molecule has 0 aromatic carbocycles. The van der Waals surface area contributed by atoms with Crippen LogP contribution in [0.2, 0.25) is 0 Å². The van der Waals surface area contributed by atoms with Crippen LogP contribution in [0.5, 0.6) is 0 Å². The van der Waals surface area contributed by atoms with E-state index in [1.165, 1.54) is 0 Å². The van der Waals surface area contributed by atoms with Crippen molar-refractivity contribution in [3.05, 3.63) is 11.8 Å². The van der Waals surface area contributed by atoms with E-state index in [0.717, 1.165) is 12.1 Å². The number of methoxy groups -OCH3 is 1. The van der Waals surface area contributed by atoms with E-state index in [9.17, 15) is 0 Å². The maximum atomic E-state index is 5.71. The summed E-state index contributed by atoms with van der Waals surface area (Å²) in [5.41, 5.74) is 6.20. The maximum absolute atomic E-state index is 5.71. The molecular weight excluding hydrogens is 126 g/mol. The Labute approximate surface area is 63.1 Å². The van der Waals surface area contributed by atoms with Crippen molar-refractivity contribution >= 4 is 0 Å². The molecule has 0 aliphatic heterocycles. The molecule has 0 aromatic heterocycles. The van der Waals surface area contributed by atoms with Gasteiger partial charge in [0, 0.05) is 12.8 Å². The van der Waals surface area contributed by atoms with Crippen molar-refractivity contribution in [1.82, 2.24) is 0 Å². The van der Waals surface area contributed by atoms with Gasteiger partial charge in [-0.25, -0.2) is 0 Å². The Morgan fingerprint density at radius 3 is 2.40 bits per heavy atom. The Bertz CT molecular complexity index is 127. The summed E-state index contributed by atoms with van der Waals surface area (Å²) in [6.07, 6.45) is 2.93. The molecule has 0 rings (SSSR count). The monoisotopic (exact) mass is 143 g/mol. The summed E-state index contributed by atoms with van der Waals surface area (Å²) in [6.45, 7) is 5.96. The summed E-state index contributed by atoms with van der Waals surface area (Å²) in [6, 6.07) is 0. The minimum atomic E-state index is -0.310. The topological polar surface area (TPSA) is 35.2 Å². The number of nitrogens with two attached hydrogens (primary N) is 1. The van der Waals surface area contributed by atoms with Gasteiger partial charge < -0.3 is 10.5 Å². The molecule has 0 atom stereocenters. The van der Waals surface area contributed by atoms with Gasteiger partial charge in [-0.15, -0.1) is 0 Å². The second-order valence-corrected chi connectivity index (χ2v) is 2.78. The minimum absolute atomic E-state index is 0.310. The van der Waals surface area contributed by atoms with Gasteiger partial charge in [0.2, 0.25) is 0 Å². The van der Waals surface area contributed by atoms with Gasteiger partial charge in [0.25, 0.3) is 0 Å². The third kappa shape index (κ3) is 2.40. The highest BCUT2D eigenvalue weighted by Crippen LogP contribution is 2.14. The van der Waals surface area contributed by atoms with Crippen LogP contribution in [-0.2, 0) is 4.74 Å². The Morgan fingerprint density at radius 1 is 1.60 bits per heavy atom. The van der Waals surface area contributed by atoms with E-state index in [2.05, 4.69) is 6.92 Å². The Morgan fingerprint density at radius 2 is 2.10 bits per heavy atom. The summed E-state index contributed by atoms with van der Waals surface area (Å²) >= 11 is 0. The van der Waals surface area contributed by atoms with Gasteiger partial charge in [-0.05, 0) is 20.3 Å². The number of hydrogen-bond acceptors (Lipinski definition) is 2. The third-order valence-corrected chi connectivity index (χ3v) is 1.63. The van der Waals surface area contributed by atoms with E-state index in [1.54, 1.807) is 7.11 Å². The lowest BCUT2D eigenvalue weighted by Crippen LogP contribution is -2.30. The normalized spacial score (nSPS) is 13.8. The molecule has 0 fully saturated rings. The minimum Gasteiger partial charge on any atom is -0.400 e. The zero-order valence-corrected chi connectivity index (χ0v) is 7.27. The van der Waals surface area contributed by atoms with Gasteiger partial charge in [0.15, 0.2) is 0 Å². The molecule has 0 spiro atoms. The molecule has 0 amide bonds. The van der Waals surface area contributed by atoms with Crippen LogP contribution < -0.4 is 5.73 Å². The third-order valence-electron chi connectivity index (χ3n) is 1.63. The zero-order chi connectivity index (χ0) is 8.20. The summed E-state index contributed by atoms with van der Waals surface area (Å²) < 4.78 is 5.16. The largest absolute Gasteiger partial charge is 0.400 e. The van der Waals surface area contributed by atoms with Crippen LogP contribution >= 0.6 is 0 Å². The standard InChI is InChI=1S/C8H17NO/c1-5-6-7(9)8(2,3)10-4/h6H,5,9H2,1-4H3/b7-6+. The second kappa shape index (κ2) is 3.62. The fraction of sp³-hybridized carbons (Fsp3) is 0.750. The highest BCUT2D eigenvalue weighted by molar-refractivity contribution is 5.09. The number of allylic oxidation sites excluding steroid dienone is 1. The van der Waals surface area contributed by atoms with Crippen molar-refractivity contribution in [2.75, 3.05) is 7.11 Å². The highest BCUT2D eigenvalue weighted by Gasteiger charge is 2.18. The van der Waals surface area contributed by atoms with Gasteiger partial charge >= 0.3 is 0 Å². The summed E-state index contributed by atoms with van der Waals surface area (Å²) in [5, 5.41) is 0. The lowest BCUT2D eigenvalue weighted by Gasteiger charge is -2.23. The first-order chi connectivity index (χ1) is 4.54. The maximum Gasteiger partial charge on any atom is 0.101 e. The van der Waals surface area contributed by atoms with Crippen LogP contribution in [0, 0.1) is 0 Å². The Kier molecular flexibility index (Phi) is 3.43. The van der Waals surface area contributed by atoms with Crippen LogP contribution in [0.4, 0.5) is 0 Å². The molecule has 0 unspecified atom stereocenters. The molecule has 0 aliphatic rings. The van der Waals surface area contributed by atoms with Crippen LogP contribution in [0.25, 0.3) is 0 Å². The van der Waals surface area contributed by atoms with Gasteiger partial charge in [-0.3, -0.25) is 0 Å². The van der Waals surface area contributed by atoms with Crippen LogP contribution in [-0.4, -0.2) is 12.7 Å². The van der Waals surface area contributed by atoms with E-state index < -0.39 is 0 Å². The molecule has 10 heavy (non-hydrogen) atoms. The highest BCUT2D eigenvalue weighted by atomic mass is 16.5. The van der Waals surface area contributed by atoms with Crippen LogP contribution in [0.3, 0.4) is 0 Å². The summed E-state index contributed by atoms with van der Waals surface area (Å²) in [4.78, 5) is 0. The molecule has 0 saturated heterocycles. The van der Waals surface area contributed by atoms with Crippen molar-refractivity contribution in [3.63, 3.8) is 0 Å². The van der Waals surface area contributed by atoms with E-state index in [1.807, 2.05) is 19.9 Å². The number of ether oxygens (including phenoxy) is 1. The first-order valence-electron chi connectivity index (χ1n) is 3.56. The van der Waals surface area contributed by atoms with E-state index in [4.69, 9.17) is 10.5 Å². The van der Waals surface area contributed by atoms with Gasteiger partial charge in [0.05, 0.1) is 0 Å². The lowest BCUT2D eigenvalue weighted by atomic mass is 10.0. The molecule has 2 N–H and O–H groups in total. The molecular formula is C8H17NO. The van der Waals surface area contributed by atoms with Crippen molar-refractivity contribution in [2.45, 2.75) is 32.8 Å². The van der Waals surface area contributed by atoms with E-state index >= 15 is 0 Å². The van der Waals surface area contributed by atoms with Gasteiger partial charge in [0.1, 0.15) is 5.60 Å². The molecule has 2 nitrogen and oxygen atoms in total. The van der Waals surface area contributed by atoms with Crippen LogP contribution in [0.1, 0.15) is 27.2 Å². The number of hydrogen-bond donors (Lipinski definition) is 1. The first kappa shape index (κ1) is 9.50. The predicted molar refractivity (Wildman–Crippen MR) is 43.6 cm³/mol. The Balaban J connectivity index is 4.17. The molecule has 60 valence electrons. The molecule has 0 bridgehead atoms. The van der Waals surface area contributed by atoms with E-state index in [-0.39, 0.29) is 5.60 Å². The number of rotatable bonds is 3. The SMILES string of the molecule is CC/C=C(/N)C(C)(C)OC. The smallest absolute Gasteiger partial charge is 0.101 e. The zero-order valence-electron chi connectivity index (χ0n) is 7.27. The summed E-state index contributed by atoms with van der Waals surface area (Å²) in [5.74, 6) is 0. The fourth-order valence-corrected chi connectivity index (χ4v) is 0.584. The van der Waals surface area contributed by atoms with Crippen molar-refractivity contribution in [1.29, 1.82) is 0 Å². The molecule has 0 aromatic rings. The first-order valence-corrected chi connectivity index (χ1v) is 3.56. The molecule has 0 aliphatic carbocycles. The van der Waals surface area contributed by atoms with E-state index in [0.29, 0.717) is 0 Å². The lowest BCUT2D eigenvalue weighted by molar-refractivity contribution is 0.0535. The average Bonchev–Trinajstić information content (AvgIpc) is 1.89. The van der Waals surface area contributed by atoms with Crippen molar-refractivity contribution in [2.24, 2.45) is 5.73 Å². The molecule has 0 saturated carbocycles. The van der Waals surface area contributed by atoms with Gasteiger partial charge in [-0.1, -0.05) is 13.0 Å². The van der Waals surface area contributed by atoms with Crippen molar-refractivity contribution < 1.29 is 4.74 Å². The Hall–Kier alpha value is -0.500. The average molecular weight is 143 g/mol. The quantitative estimate of drug-likeness (QED) is 0.652. The summed E-state index contributed by atoms with van der Waals surface area (Å²) in [7, 11) is 1.66. The molecule has 0 heterocycles. The molecule has 2 heteroatoms.